The molecule has 0 aliphatic carbocycles. The molecule has 1 N–H and O–H groups in total. The summed E-state index contributed by atoms with van der Waals surface area (Å²) in [6.45, 7) is 1.93. The molecule has 4 aromatic rings. The van der Waals surface area contributed by atoms with Crippen LogP contribution in [-0.4, -0.2) is 14.3 Å². The Labute approximate surface area is 142 Å². The number of benzene rings is 2. The molecule has 120 valence electrons. The van der Waals surface area contributed by atoms with Crippen LogP contribution in [0.5, 0.6) is 0 Å². The second-order valence-electron chi connectivity index (χ2n) is 5.55. The van der Waals surface area contributed by atoms with Crippen LogP contribution in [0.25, 0.3) is 15.9 Å². The maximum Gasteiger partial charge on any atom is 0.295 e. The number of nitrogens with one attached hydrogen (secondary N) is 1. The fourth-order valence-corrected chi connectivity index (χ4v) is 3.62. The molecule has 0 atom stereocenters. The average molecular weight is 336 g/mol. The van der Waals surface area contributed by atoms with Gasteiger partial charge in [-0.3, -0.25) is 9.48 Å². The van der Waals surface area contributed by atoms with Gasteiger partial charge in [0.2, 0.25) is 0 Å². The highest BCUT2D eigenvalue weighted by atomic mass is 32.1. The van der Waals surface area contributed by atoms with Crippen molar-refractivity contribution in [2.45, 2.75) is 6.92 Å². The van der Waals surface area contributed by atoms with Gasteiger partial charge in [-0.2, -0.15) is 0 Å². The van der Waals surface area contributed by atoms with Crippen molar-refractivity contribution >= 4 is 32.4 Å². The van der Waals surface area contributed by atoms with E-state index in [1.807, 2.05) is 73.3 Å². The van der Waals surface area contributed by atoms with Crippen molar-refractivity contribution < 1.29 is 0 Å². The van der Waals surface area contributed by atoms with Gasteiger partial charge in [-0.1, -0.05) is 41.7 Å². The number of para-hydroxylation sites is 2. The van der Waals surface area contributed by atoms with Crippen molar-refractivity contribution in [2.75, 3.05) is 5.32 Å². The van der Waals surface area contributed by atoms with E-state index in [0.717, 1.165) is 26.7 Å². The van der Waals surface area contributed by atoms with Crippen LogP contribution in [0, 0.1) is 6.92 Å². The average Bonchev–Trinajstić information content (AvgIpc) is 3.10. The molecular formula is C18H16N4OS. The Hall–Kier alpha value is -2.86. The predicted octanol–water partition coefficient (Wildman–Crippen LogP) is 3.84. The summed E-state index contributed by atoms with van der Waals surface area (Å²) in [5.41, 5.74) is 3.11. The highest BCUT2D eigenvalue weighted by molar-refractivity contribution is 7.22. The van der Waals surface area contributed by atoms with E-state index in [9.17, 15) is 4.79 Å². The van der Waals surface area contributed by atoms with Gasteiger partial charge in [0, 0.05) is 7.05 Å². The summed E-state index contributed by atoms with van der Waals surface area (Å²) in [5.74, 6) is 0. The van der Waals surface area contributed by atoms with E-state index < -0.39 is 0 Å². The van der Waals surface area contributed by atoms with Crippen LogP contribution in [0.1, 0.15) is 5.69 Å². The molecule has 0 spiro atoms. The van der Waals surface area contributed by atoms with E-state index >= 15 is 0 Å². The van der Waals surface area contributed by atoms with Crippen molar-refractivity contribution in [3.8, 4) is 5.69 Å². The van der Waals surface area contributed by atoms with Crippen molar-refractivity contribution in [2.24, 2.45) is 7.05 Å². The standard InChI is InChI=1S/C18H16N4OS/c1-12-16(20-18-19-14-10-6-7-11-15(14)24-18)17(23)22(21(12)2)13-8-4-3-5-9-13/h3-11H,1-2H3,(H,19,20). The summed E-state index contributed by atoms with van der Waals surface area (Å²) in [6, 6.07) is 17.6. The van der Waals surface area contributed by atoms with E-state index in [4.69, 9.17) is 0 Å². The first-order chi connectivity index (χ1) is 11.6. The molecule has 24 heavy (non-hydrogen) atoms. The molecule has 0 aliphatic heterocycles. The molecule has 0 unspecified atom stereocenters. The minimum Gasteiger partial charge on any atom is -0.325 e. The van der Waals surface area contributed by atoms with Crippen LogP contribution in [0.3, 0.4) is 0 Å². The number of nitrogens with zero attached hydrogens (tertiary/aromatic N) is 3. The zero-order valence-electron chi connectivity index (χ0n) is 13.4. The molecule has 0 aliphatic rings. The van der Waals surface area contributed by atoms with Crippen molar-refractivity contribution in [1.29, 1.82) is 0 Å². The third-order valence-corrected chi connectivity index (χ3v) is 5.03. The van der Waals surface area contributed by atoms with Crippen LogP contribution in [-0.2, 0) is 7.05 Å². The number of hydrogen-bond acceptors (Lipinski definition) is 4. The Morgan fingerprint density at radius 1 is 1.04 bits per heavy atom. The van der Waals surface area contributed by atoms with Gasteiger partial charge in [0.05, 0.1) is 21.6 Å². The molecular weight excluding hydrogens is 320 g/mol. The fraction of sp³-hybridized carbons (Fsp3) is 0.111. The van der Waals surface area contributed by atoms with Crippen LogP contribution in [0.2, 0.25) is 0 Å². The summed E-state index contributed by atoms with van der Waals surface area (Å²) in [7, 11) is 1.88. The second kappa shape index (κ2) is 5.65. The summed E-state index contributed by atoms with van der Waals surface area (Å²) in [6.07, 6.45) is 0. The second-order valence-corrected chi connectivity index (χ2v) is 6.58. The van der Waals surface area contributed by atoms with Crippen molar-refractivity contribution in [3.05, 3.63) is 70.6 Å². The molecule has 0 fully saturated rings. The molecule has 4 rings (SSSR count). The van der Waals surface area contributed by atoms with Crippen LogP contribution in [0.15, 0.2) is 59.4 Å². The third kappa shape index (κ3) is 2.32. The Morgan fingerprint density at radius 3 is 2.50 bits per heavy atom. The lowest BCUT2D eigenvalue weighted by atomic mass is 10.3. The number of anilines is 2. The van der Waals surface area contributed by atoms with E-state index in [2.05, 4.69) is 10.3 Å². The topological polar surface area (TPSA) is 51.9 Å². The normalized spacial score (nSPS) is 11.1. The smallest absolute Gasteiger partial charge is 0.295 e. The molecule has 0 radical (unpaired) electrons. The van der Waals surface area contributed by atoms with Gasteiger partial charge in [-0.05, 0) is 31.2 Å². The van der Waals surface area contributed by atoms with Crippen LogP contribution in [0.4, 0.5) is 10.8 Å². The monoisotopic (exact) mass is 336 g/mol. The largest absolute Gasteiger partial charge is 0.325 e. The van der Waals surface area contributed by atoms with Crippen LogP contribution >= 0.6 is 11.3 Å². The first-order valence-corrected chi connectivity index (χ1v) is 8.43. The Morgan fingerprint density at radius 2 is 1.75 bits per heavy atom. The summed E-state index contributed by atoms with van der Waals surface area (Å²) >= 11 is 1.54. The molecule has 5 nitrogen and oxygen atoms in total. The fourth-order valence-electron chi connectivity index (χ4n) is 2.74. The quantitative estimate of drug-likeness (QED) is 0.618. The summed E-state index contributed by atoms with van der Waals surface area (Å²) in [4.78, 5) is 17.4. The number of rotatable bonds is 3. The summed E-state index contributed by atoms with van der Waals surface area (Å²) in [5, 5.41) is 3.94. The van der Waals surface area contributed by atoms with E-state index in [-0.39, 0.29) is 5.56 Å². The first kappa shape index (κ1) is 14.7. The van der Waals surface area contributed by atoms with Crippen molar-refractivity contribution in [3.63, 3.8) is 0 Å². The van der Waals surface area contributed by atoms with E-state index in [1.54, 1.807) is 16.0 Å². The minimum absolute atomic E-state index is 0.0829. The van der Waals surface area contributed by atoms with Gasteiger partial charge in [-0.25, -0.2) is 9.67 Å². The lowest BCUT2D eigenvalue weighted by molar-refractivity contribution is 0.630. The Balaban J connectivity index is 1.80. The Kier molecular flexibility index (Phi) is 3.46. The maximum atomic E-state index is 12.9. The lowest BCUT2D eigenvalue weighted by Gasteiger charge is -2.07. The highest BCUT2D eigenvalue weighted by Crippen LogP contribution is 2.28. The highest BCUT2D eigenvalue weighted by Gasteiger charge is 2.17. The molecule has 0 bridgehead atoms. The number of fused-ring (bicyclic) bond motifs is 1. The van der Waals surface area contributed by atoms with E-state index in [0.29, 0.717) is 5.69 Å². The van der Waals surface area contributed by atoms with Crippen LogP contribution < -0.4 is 10.9 Å². The van der Waals surface area contributed by atoms with Gasteiger partial charge in [0.15, 0.2) is 5.13 Å². The van der Waals surface area contributed by atoms with Gasteiger partial charge in [-0.15, -0.1) is 0 Å². The Bertz CT molecular complexity index is 1040. The molecule has 2 heterocycles. The third-order valence-electron chi connectivity index (χ3n) is 4.08. The summed E-state index contributed by atoms with van der Waals surface area (Å²) < 4.78 is 4.61. The molecule has 0 saturated carbocycles. The van der Waals surface area contributed by atoms with E-state index in [1.165, 1.54) is 0 Å². The zero-order valence-corrected chi connectivity index (χ0v) is 14.2. The van der Waals surface area contributed by atoms with Crippen molar-refractivity contribution in [1.82, 2.24) is 14.3 Å². The van der Waals surface area contributed by atoms with Gasteiger partial charge in [0.25, 0.3) is 5.56 Å². The maximum absolute atomic E-state index is 12.9. The SMILES string of the molecule is Cc1c(Nc2nc3ccccc3s2)c(=O)n(-c2ccccc2)n1C. The van der Waals surface area contributed by atoms with Gasteiger partial charge >= 0.3 is 0 Å². The minimum atomic E-state index is -0.0829. The molecule has 2 aromatic heterocycles. The number of hydrogen-bond donors (Lipinski definition) is 1. The molecule has 6 heteroatoms. The molecule has 0 amide bonds. The predicted molar refractivity (Wildman–Crippen MR) is 98.6 cm³/mol. The number of thiazole rings is 1. The lowest BCUT2D eigenvalue weighted by Crippen LogP contribution is -2.20. The van der Waals surface area contributed by atoms with Gasteiger partial charge < -0.3 is 5.32 Å². The van der Waals surface area contributed by atoms with Gasteiger partial charge in [0.1, 0.15) is 5.69 Å². The molecule has 2 aromatic carbocycles. The number of aromatic nitrogens is 3. The zero-order chi connectivity index (χ0) is 16.7. The molecule has 0 saturated heterocycles. The first-order valence-electron chi connectivity index (χ1n) is 7.62.